The predicted molar refractivity (Wildman–Crippen MR) is 82.6 cm³/mol. The lowest BCUT2D eigenvalue weighted by Gasteiger charge is -2.26. The van der Waals surface area contributed by atoms with Crippen molar-refractivity contribution in [1.82, 2.24) is 4.90 Å². The van der Waals surface area contributed by atoms with Crippen LogP contribution in [0.25, 0.3) is 0 Å². The zero-order valence-corrected chi connectivity index (χ0v) is 13.0. The molecule has 1 fully saturated rings. The normalized spacial score (nSPS) is 19.2. The number of nitrogens with zero attached hydrogens (tertiary/aromatic N) is 2. The molecule has 2 unspecified atom stereocenters. The lowest BCUT2D eigenvalue weighted by molar-refractivity contribution is -0.385. The van der Waals surface area contributed by atoms with E-state index in [1.54, 1.807) is 26.0 Å². The van der Waals surface area contributed by atoms with Crippen molar-refractivity contribution in [2.45, 2.75) is 51.7 Å². The van der Waals surface area contributed by atoms with Gasteiger partial charge in [-0.25, -0.2) is 0 Å². The zero-order chi connectivity index (χ0) is 16.3. The summed E-state index contributed by atoms with van der Waals surface area (Å²) in [6, 6.07) is 4.91. The minimum absolute atomic E-state index is 0.0215. The number of aliphatic hydroxyl groups excluding tert-OH is 1. The molecule has 22 heavy (non-hydrogen) atoms. The van der Waals surface area contributed by atoms with Crippen molar-refractivity contribution in [2.75, 3.05) is 6.54 Å². The zero-order valence-electron chi connectivity index (χ0n) is 13.0. The summed E-state index contributed by atoms with van der Waals surface area (Å²) >= 11 is 0. The molecular weight excluding hydrogens is 284 g/mol. The van der Waals surface area contributed by atoms with Crippen molar-refractivity contribution in [3.05, 3.63) is 39.4 Å². The van der Waals surface area contributed by atoms with Gasteiger partial charge in [-0.3, -0.25) is 14.9 Å². The molecule has 0 bridgehead atoms. The molecule has 1 N–H and O–H groups in total. The van der Waals surface area contributed by atoms with Crippen LogP contribution in [0.5, 0.6) is 0 Å². The number of rotatable bonds is 5. The van der Waals surface area contributed by atoms with Crippen LogP contribution in [0.3, 0.4) is 0 Å². The quantitative estimate of drug-likeness (QED) is 0.667. The van der Waals surface area contributed by atoms with Crippen molar-refractivity contribution in [2.24, 2.45) is 0 Å². The first-order valence-corrected chi connectivity index (χ1v) is 7.60. The van der Waals surface area contributed by atoms with Crippen molar-refractivity contribution in [3.8, 4) is 0 Å². The Hall–Kier alpha value is -1.95. The molecule has 1 amide bonds. The van der Waals surface area contributed by atoms with E-state index in [4.69, 9.17) is 0 Å². The van der Waals surface area contributed by atoms with Gasteiger partial charge >= 0.3 is 0 Å². The van der Waals surface area contributed by atoms with E-state index in [2.05, 4.69) is 0 Å². The lowest BCUT2D eigenvalue weighted by atomic mass is 10.0. The van der Waals surface area contributed by atoms with Gasteiger partial charge in [0.1, 0.15) is 0 Å². The van der Waals surface area contributed by atoms with Crippen LogP contribution in [0, 0.1) is 17.0 Å². The number of nitro benzene ring substituents is 1. The van der Waals surface area contributed by atoms with Gasteiger partial charge in [0.15, 0.2) is 0 Å². The van der Waals surface area contributed by atoms with Crippen LogP contribution in [0.1, 0.15) is 37.3 Å². The summed E-state index contributed by atoms with van der Waals surface area (Å²) in [6.07, 6.45) is 2.17. The van der Waals surface area contributed by atoms with Crippen LogP contribution in [0.4, 0.5) is 5.69 Å². The Labute approximate surface area is 129 Å². The Bertz CT molecular complexity index is 571. The number of hydrogen-bond acceptors (Lipinski definition) is 4. The summed E-state index contributed by atoms with van der Waals surface area (Å²) in [5.74, 6) is -0.0215. The number of aliphatic hydroxyl groups is 1. The monoisotopic (exact) mass is 306 g/mol. The molecule has 2 atom stereocenters. The summed E-state index contributed by atoms with van der Waals surface area (Å²) < 4.78 is 0. The van der Waals surface area contributed by atoms with Gasteiger partial charge in [0, 0.05) is 24.2 Å². The Morgan fingerprint density at radius 1 is 1.55 bits per heavy atom. The van der Waals surface area contributed by atoms with E-state index in [1.807, 2.05) is 4.90 Å². The average Bonchev–Trinajstić information content (AvgIpc) is 2.88. The summed E-state index contributed by atoms with van der Waals surface area (Å²) in [4.78, 5) is 24.9. The third kappa shape index (κ3) is 3.62. The van der Waals surface area contributed by atoms with Gasteiger partial charge in [0.2, 0.25) is 5.91 Å². The smallest absolute Gasteiger partial charge is 0.272 e. The van der Waals surface area contributed by atoms with Crippen molar-refractivity contribution in [1.29, 1.82) is 0 Å². The first kappa shape index (κ1) is 16.4. The van der Waals surface area contributed by atoms with Gasteiger partial charge in [-0.15, -0.1) is 0 Å². The summed E-state index contributed by atoms with van der Waals surface area (Å²) in [6.45, 7) is 4.11. The highest BCUT2D eigenvalue weighted by Gasteiger charge is 2.29. The van der Waals surface area contributed by atoms with Crippen LogP contribution in [0.15, 0.2) is 18.2 Å². The van der Waals surface area contributed by atoms with Crippen molar-refractivity contribution in [3.63, 3.8) is 0 Å². The molecule has 0 spiro atoms. The van der Waals surface area contributed by atoms with Gasteiger partial charge in [-0.05, 0) is 38.7 Å². The number of hydrogen-bond donors (Lipinski definition) is 1. The highest BCUT2D eigenvalue weighted by molar-refractivity contribution is 5.80. The fourth-order valence-electron chi connectivity index (χ4n) is 3.13. The summed E-state index contributed by atoms with van der Waals surface area (Å²) in [7, 11) is 0. The van der Waals surface area contributed by atoms with E-state index in [1.165, 1.54) is 6.07 Å². The number of likely N-dealkylation sites (tertiary alicyclic amines) is 1. The maximum atomic E-state index is 12.5. The first-order valence-electron chi connectivity index (χ1n) is 7.60. The second-order valence-electron chi connectivity index (χ2n) is 5.96. The van der Waals surface area contributed by atoms with Crippen molar-refractivity contribution >= 4 is 11.6 Å². The number of carbonyl (C=O) groups is 1. The second kappa shape index (κ2) is 6.87. The fourth-order valence-corrected chi connectivity index (χ4v) is 3.13. The van der Waals surface area contributed by atoms with Gasteiger partial charge in [0.25, 0.3) is 5.69 Å². The Kier molecular flexibility index (Phi) is 5.13. The van der Waals surface area contributed by atoms with Gasteiger partial charge in [0.05, 0.1) is 17.4 Å². The van der Waals surface area contributed by atoms with Crippen molar-refractivity contribution < 1.29 is 14.8 Å². The van der Waals surface area contributed by atoms with Crippen LogP contribution in [0.2, 0.25) is 0 Å². The molecule has 1 aromatic rings. The molecule has 1 aliphatic heterocycles. The molecule has 1 aromatic carbocycles. The number of carbonyl (C=O) groups excluding carboxylic acids is 1. The summed E-state index contributed by atoms with van der Waals surface area (Å²) in [5.41, 5.74) is 1.29. The lowest BCUT2D eigenvalue weighted by Crippen LogP contribution is -2.38. The molecule has 0 saturated carbocycles. The molecule has 1 aliphatic rings. The average molecular weight is 306 g/mol. The van der Waals surface area contributed by atoms with E-state index in [0.29, 0.717) is 24.1 Å². The molecule has 0 radical (unpaired) electrons. The second-order valence-corrected chi connectivity index (χ2v) is 5.96. The molecule has 120 valence electrons. The van der Waals surface area contributed by atoms with Crippen LogP contribution in [-0.4, -0.2) is 39.5 Å². The minimum Gasteiger partial charge on any atom is -0.393 e. The molecule has 6 nitrogen and oxygen atoms in total. The maximum Gasteiger partial charge on any atom is 0.272 e. The van der Waals surface area contributed by atoms with Crippen LogP contribution >= 0.6 is 0 Å². The maximum absolute atomic E-state index is 12.5. The minimum atomic E-state index is -0.432. The van der Waals surface area contributed by atoms with E-state index in [0.717, 1.165) is 12.8 Å². The molecule has 1 saturated heterocycles. The van der Waals surface area contributed by atoms with E-state index >= 15 is 0 Å². The molecular formula is C16H22N2O4. The molecule has 2 rings (SSSR count). The van der Waals surface area contributed by atoms with Crippen LogP contribution < -0.4 is 0 Å². The third-order valence-electron chi connectivity index (χ3n) is 4.27. The fraction of sp³-hybridized carbons (Fsp3) is 0.562. The highest BCUT2D eigenvalue weighted by Crippen LogP contribution is 2.25. The van der Waals surface area contributed by atoms with Crippen LogP contribution in [-0.2, 0) is 11.2 Å². The predicted octanol–water partition coefficient (Wildman–Crippen LogP) is 2.21. The van der Waals surface area contributed by atoms with Gasteiger partial charge < -0.3 is 10.0 Å². The van der Waals surface area contributed by atoms with E-state index in [-0.39, 0.29) is 24.1 Å². The molecule has 6 heteroatoms. The molecule has 1 heterocycles. The molecule has 0 aliphatic carbocycles. The van der Waals surface area contributed by atoms with Gasteiger partial charge in [-0.1, -0.05) is 12.1 Å². The Balaban J connectivity index is 2.12. The topological polar surface area (TPSA) is 83.7 Å². The molecule has 0 aromatic heterocycles. The van der Waals surface area contributed by atoms with Gasteiger partial charge in [-0.2, -0.15) is 0 Å². The number of benzene rings is 1. The summed E-state index contributed by atoms with van der Waals surface area (Å²) in [5, 5.41) is 20.5. The van der Waals surface area contributed by atoms with E-state index < -0.39 is 11.0 Å². The van der Waals surface area contributed by atoms with E-state index in [9.17, 15) is 20.0 Å². The Morgan fingerprint density at radius 3 is 2.91 bits per heavy atom. The standard InChI is InChI=1S/C16H22N2O4/c1-11(19)9-14-6-4-8-17(14)16(20)10-13-5-3-7-15(12(13)2)18(21)22/h3,5,7,11,14,19H,4,6,8-10H2,1-2H3. The number of amides is 1. The number of nitro groups is 1. The Morgan fingerprint density at radius 2 is 2.27 bits per heavy atom. The first-order chi connectivity index (χ1) is 10.4. The highest BCUT2D eigenvalue weighted by atomic mass is 16.6. The SMILES string of the molecule is Cc1c(CC(=O)N2CCCC2CC(C)O)cccc1[N+](=O)[O-]. The largest absolute Gasteiger partial charge is 0.393 e. The third-order valence-corrected chi connectivity index (χ3v) is 4.27.